The first kappa shape index (κ1) is 27.9. The number of hydrogen-bond acceptors (Lipinski definition) is 8. The molecule has 1 aliphatic rings. The number of carbonyl (C=O) groups is 1. The first-order valence-electron chi connectivity index (χ1n) is 11.0. The SMILES string of the molecule is CCCC(C)OP(=O)(OC(C)(C)C)SCCOC(=O)C(C)(C)CCN1CCOCC1. The Morgan fingerprint density at radius 2 is 1.83 bits per heavy atom. The first-order chi connectivity index (χ1) is 13.9. The van der Waals surface area contributed by atoms with Gasteiger partial charge in [0, 0.05) is 18.8 Å². The van der Waals surface area contributed by atoms with E-state index < -0.39 is 17.8 Å². The van der Waals surface area contributed by atoms with E-state index in [2.05, 4.69) is 11.8 Å². The average Bonchev–Trinajstić information content (AvgIpc) is 2.63. The van der Waals surface area contributed by atoms with Gasteiger partial charge in [-0.1, -0.05) is 13.3 Å². The molecule has 1 fully saturated rings. The molecule has 0 saturated carbocycles. The maximum atomic E-state index is 13.2. The molecule has 0 aliphatic carbocycles. The molecule has 0 bridgehead atoms. The van der Waals surface area contributed by atoms with E-state index in [-0.39, 0.29) is 18.7 Å². The van der Waals surface area contributed by atoms with Crippen LogP contribution in [0.3, 0.4) is 0 Å². The Bertz CT molecular complexity index is 560. The highest BCUT2D eigenvalue weighted by Crippen LogP contribution is 2.63. The molecule has 0 aromatic rings. The molecule has 1 rings (SSSR count). The number of nitrogens with zero attached hydrogens (tertiary/aromatic N) is 1. The molecule has 0 aromatic carbocycles. The summed E-state index contributed by atoms with van der Waals surface area (Å²) in [4.78, 5) is 14.9. The van der Waals surface area contributed by atoms with E-state index in [1.54, 1.807) is 0 Å². The van der Waals surface area contributed by atoms with Crippen molar-refractivity contribution in [3.63, 3.8) is 0 Å². The summed E-state index contributed by atoms with van der Waals surface area (Å²) in [5, 5.41) is 0. The lowest BCUT2D eigenvalue weighted by molar-refractivity contribution is -0.153. The minimum Gasteiger partial charge on any atom is -0.464 e. The summed E-state index contributed by atoms with van der Waals surface area (Å²) in [5.74, 6) is 0.125. The van der Waals surface area contributed by atoms with Gasteiger partial charge >= 0.3 is 12.8 Å². The van der Waals surface area contributed by atoms with Crippen LogP contribution in [0.15, 0.2) is 0 Å². The Kier molecular flexibility index (Phi) is 11.9. The summed E-state index contributed by atoms with van der Waals surface area (Å²) in [7, 11) is 0. The maximum absolute atomic E-state index is 13.2. The lowest BCUT2D eigenvalue weighted by Gasteiger charge is -2.30. The molecule has 1 saturated heterocycles. The van der Waals surface area contributed by atoms with Crippen LogP contribution in [-0.4, -0.2) is 67.8 Å². The van der Waals surface area contributed by atoms with Crippen molar-refractivity contribution in [2.24, 2.45) is 5.41 Å². The highest BCUT2D eigenvalue weighted by atomic mass is 32.7. The fourth-order valence-corrected chi connectivity index (χ4v) is 7.04. The third kappa shape index (κ3) is 11.5. The van der Waals surface area contributed by atoms with Gasteiger partial charge in [-0.05, 0) is 72.3 Å². The van der Waals surface area contributed by atoms with Crippen LogP contribution < -0.4 is 0 Å². The van der Waals surface area contributed by atoms with Crippen LogP contribution in [0.4, 0.5) is 0 Å². The van der Waals surface area contributed by atoms with Gasteiger partial charge in [-0.2, -0.15) is 0 Å². The Morgan fingerprint density at radius 1 is 1.20 bits per heavy atom. The number of esters is 1. The van der Waals surface area contributed by atoms with Crippen LogP contribution in [-0.2, 0) is 27.9 Å². The summed E-state index contributed by atoms with van der Waals surface area (Å²) in [6, 6.07) is 0. The topological polar surface area (TPSA) is 74.3 Å². The Balaban J connectivity index is 2.47. The Labute approximate surface area is 187 Å². The van der Waals surface area contributed by atoms with Crippen molar-refractivity contribution < 1.29 is 27.9 Å². The van der Waals surface area contributed by atoms with Gasteiger partial charge in [-0.3, -0.25) is 18.7 Å². The van der Waals surface area contributed by atoms with Crippen LogP contribution in [0.2, 0.25) is 0 Å². The molecule has 0 aromatic heterocycles. The second-order valence-corrected chi connectivity index (χ2v) is 13.5. The summed E-state index contributed by atoms with van der Waals surface area (Å²) in [6.07, 6.45) is 2.32. The molecule has 9 heteroatoms. The van der Waals surface area contributed by atoms with Gasteiger partial charge in [0.25, 0.3) is 0 Å². The van der Waals surface area contributed by atoms with Gasteiger partial charge in [0.15, 0.2) is 0 Å². The van der Waals surface area contributed by atoms with E-state index >= 15 is 0 Å². The van der Waals surface area contributed by atoms with Crippen LogP contribution in [0.5, 0.6) is 0 Å². The third-order valence-corrected chi connectivity index (χ3v) is 8.70. The molecular formula is C21H42NO6PS. The molecule has 0 radical (unpaired) electrons. The van der Waals surface area contributed by atoms with Gasteiger partial charge in [-0.15, -0.1) is 0 Å². The molecule has 178 valence electrons. The summed E-state index contributed by atoms with van der Waals surface area (Å²) < 4.78 is 35.6. The van der Waals surface area contributed by atoms with Crippen molar-refractivity contribution in [3.05, 3.63) is 0 Å². The summed E-state index contributed by atoms with van der Waals surface area (Å²) in [6.45, 7) is 14.3. The van der Waals surface area contributed by atoms with Crippen molar-refractivity contribution in [3.8, 4) is 0 Å². The minimum absolute atomic E-state index is 0.155. The molecule has 0 spiro atoms. The number of rotatable bonds is 13. The van der Waals surface area contributed by atoms with Crippen LogP contribution in [0, 0.1) is 5.41 Å². The summed E-state index contributed by atoms with van der Waals surface area (Å²) >= 11 is 1.11. The predicted molar refractivity (Wildman–Crippen MR) is 123 cm³/mol. The normalized spacial score (nSPS) is 19.3. The number of hydrogen-bond donors (Lipinski definition) is 0. The fraction of sp³-hybridized carbons (Fsp3) is 0.952. The Morgan fingerprint density at radius 3 is 2.40 bits per heavy atom. The second-order valence-electron chi connectivity index (χ2n) is 9.41. The van der Waals surface area contributed by atoms with Gasteiger partial charge < -0.3 is 9.47 Å². The zero-order valence-electron chi connectivity index (χ0n) is 19.9. The standard InChI is InChI=1S/C21H42NO6PS/c1-8-9-18(2)27-29(24,28-20(3,4)5)30-17-16-26-19(23)21(6,7)10-11-22-12-14-25-15-13-22/h18H,8-17H2,1-7H3. The van der Waals surface area contributed by atoms with E-state index in [9.17, 15) is 9.36 Å². The zero-order chi connectivity index (χ0) is 22.8. The summed E-state index contributed by atoms with van der Waals surface area (Å²) in [5.41, 5.74) is -1.16. The van der Waals surface area contributed by atoms with Gasteiger partial charge in [-0.25, -0.2) is 4.57 Å². The number of morpholine rings is 1. The monoisotopic (exact) mass is 467 g/mol. The van der Waals surface area contributed by atoms with Crippen molar-refractivity contribution in [1.82, 2.24) is 4.90 Å². The molecule has 1 aliphatic heterocycles. The average molecular weight is 468 g/mol. The highest BCUT2D eigenvalue weighted by molar-refractivity contribution is 8.55. The van der Waals surface area contributed by atoms with Crippen molar-refractivity contribution >= 4 is 24.1 Å². The van der Waals surface area contributed by atoms with Gasteiger partial charge in [0.2, 0.25) is 0 Å². The third-order valence-electron chi connectivity index (χ3n) is 4.67. The van der Waals surface area contributed by atoms with E-state index in [0.717, 1.165) is 63.5 Å². The van der Waals surface area contributed by atoms with Gasteiger partial charge in [0.05, 0.1) is 30.3 Å². The van der Waals surface area contributed by atoms with Crippen LogP contribution in [0.25, 0.3) is 0 Å². The molecule has 0 N–H and O–H groups in total. The largest absolute Gasteiger partial charge is 0.464 e. The van der Waals surface area contributed by atoms with Crippen LogP contribution in [0.1, 0.15) is 67.7 Å². The number of ether oxygens (including phenoxy) is 2. The predicted octanol–water partition coefficient (Wildman–Crippen LogP) is 5.14. The Hall–Kier alpha value is -0.110. The molecule has 1 heterocycles. The molecule has 2 unspecified atom stereocenters. The molecule has 0 amide bonds. The molecule has 30 heavy (non-hydrogen) atoms. The second kappa shape index (κ2) is 12.8. The van der Waals surface area contributed by atoms with E-state index in [4.69, 9.17) is 18.5 Å². The highest BCUT2D eigenvalue weighted by Gasteiger charge is 2.34. The van der Waals surface area contributed by atoms with Crippen molar-refractivity contribution in [1.29, 1.82) is 0 Å². The smallest absolute Gasteiger partial charge is 0.389 e. The van der Waals surface area contributed by atoms with E-state index in [0.29, 0.717) is 5.75 Å². The lowest BCUT2D eigenvalue weighted by atomic mass is 9.89. The number of carbonyl (C=O) groups excluding carboxylic acids is 1. The van der Waals surface area contributed by atoms with E-state index in [1.165, 1.54) is 0 Å². The van der Waals surface area contributed by atoms with Gasteiger partial charge in [0.1, 0.15) is 6.61 Å². The van der Waals surface area contributed by atoms with Crippen LogP contribution >= 0.6 is 18.2 Å². The minimum atomic E-state index is -3.35. The quantitative estimate of drug-likeness (QED) is 0.209. The van der Waals surface area contributed by atoms with E-state index in [1.807, 2.05) is 41.5 Å². The van der Waals surface area contributed by atoms with Crippen molar-refractivity contribution in [2.45, 2.75) is 79.4 Å². The maximum Gasteiger partial charge on any atom is 0.389 e. The van der Waals surface area contributed by atoms with Crippen molar-refractivity contribution in [2.75, 3.05) is 45.2 Å². The zero-order valence-corrected chi connectivity index (χ0v) is 21.6. The molecular weight excluding hydrogens is 425 g/mol. The molecule has 2 atom stereocenters. The molecule has 7 nitrogen and oxygen atoms in total. The fourth-order valence-electron chi connectivity index (χ4n) is 2.94. The lowest BCUT2D eigenvalue weighted by Crippen LogP contribution is -2.39. The first-order valence-corrected chi connectivity index (χ1v) is 14.1.